The summed E-state index contributed by atoms with van der Waals surface area (Å²) in [6, 6.07) is 1.59. The molecule has 1 fully saturated rings. The summed E-state index contributed by atoms with van der Waals surface area (Å²) in [4.78, 5) is 14.1. The maximum atomic E-state index is 12.3. The van der Waals surface area contributed by atoms with Crippen LogP contribution in [0.1, 0.15) is 33.1 Å². The van der Waals surface area contributed by atoms with Gasteiger partial charge in [0.15, 0.2) is 0 Å². The minimum absolute atomic E-state index is 0.0265. The van der Waals surface area contributed by atoms with Gasteiger partial charge < -0.3 is 10.0 Å². The van der Waals surface area contributed by atoms with E-state index in [0.29, 0.717) is 18.3 Å². The number of hydrogen-bond donors (Lipinski definition) is 2. The van der Waals surface area contributed by atoms with Crippen LogP contribution in [0.5, 0.6) is 0 Å². The first-order valence-corrected chi connectivity index (χ1v) is 7.32. The van der Waals surface area contributed by atoms with Crippen LogP contribution in [0.4, 0.5) is 10.6 Å². The molecule has 0 aromatic carbocycles. The average molecular weight is 280 g/mol. The van der Waals surface area contributed by atoms with Gasteiger partial charge in [-0.15, -0.1) is 0 Å². The van der Waals surface area contributed by atoms with Gasteiger partial charge in [-0.3, -0.25) is 5.32 Å². The third-order valence-electron chi connectivity index (χ3n) is 3.59. The van der Waals surface area contributed by atoms with Crippen molar-refractivity contribution >= 4 is 11.8 Å². The summed E-state index contributed by atoms with van der Waals surface area (Å²) in [5.74, 6) is 1.18. The molecule has 1 unspecified atom stereocenters. The van der Waals surface area contributed by atoms with Gasteiger partial charge in [0.05, 0.1) is 18.8 Å². The quantitative estimate of drug-likeness (QED) is 0.885. The Bertz CT molecular complexity index is 444. The number of rotatable bonds is 4. The van der Waals surface area contributed by atoms with E-state index in [2.05, 4.69) is 24.3 Å². The summed E-state index contributed by atoms with van der Waals surface area (Å²) in [5.41, 5.74) is 0. The molecule has 20 heavy (non-hydrogen) atoms. The van der Waals surface area contributed by atoms with Crippen molar-refractivity contribution in [2.24, 2.45) is 5.92 Å². The highest BCUT2D eigenvalue weighted by atomic mass is 16.3. The van der Waals surface area contributed by atoms with Crippen molar-refractivity contribution < 1.29 is 9.90 Å². The fraction of sp³-hybridized carbons (Fsp3) is 0.714. The lowest BCUT2D eigenvalue weighted by Crippen LogP contribution is -2.47. The maximum absolute atomic E-state index is 12.3. The van der Waals surface area contributed by atoms with E-state index >= 15 is 0 Å². The third kappa shape index (κ3) is 3.50. The zero-order valence-electron chi connectivity index (χ0n) is 12.2. The number of piperidine rings is 1. The highest BCUT2D eigenvalue weighted by molar-refractivity contribution is 5.88. The molecule has 1 aliphatic rings. The summed E-state index contributed by atoms with van der Waals surface area (Å²) >= 11 is 0. The summed E-state index contributed by atoms with van der Waals surface area (Å²) in [5, 5.41) is 16.5. The first-order valence-electron chi connectivity index (χ1n) is 7.32. The Labute approximate surface area is 119 Å². The van der Waals surface area contributed by atoms with Crippen molar-refractivity contribution in [1.29, 1.82) is 0 Å². The number of carbonyl (C=O) groups is 1. The Morgan fingerprint density at radius 3 is 3.05 bits per heavy atom. The van der Waals surface area contributed by atoms with Crippen molar-refractivity contribution in [1.82, 2.24) is 14.7 Å². The Kier molecular flexibility index (Phi) is 5.00. The normalized spacial score (nSPS) is 19.4. The lowest BCUT2D eigenvalue weighted by Gasteiger charge is -2.34. The van der Waals surface area contributed by atoms with E-state index < -0.39 is 0 Å². The van der Waals surface area contributed by atoms with Gasteiger partial charge in [-0.05, 0) is 25.2 Å². The number of aliphatic hydroxyl groups excluding tert-OH is 1. The molecular weight excluding hydrogens is 256 g/mol. The van der Waals surface area contributed by atoms with Crippen molar-refractivity contribution in [3.8, 4) is 0 Å². The number of nitrogens with zero attached hydrogens (tertiary/aromatic N) is 3. The topological polar surface area (TPSA) is 70.4 Å². The number of hydrogen-bond acceptors (Lipinski definition) is 3. The number of likely N-dealkylation sites (tertiary alicyclic amines) is 1. The number of carbonyl (C=O) groups excluding carboxylic acids is 1. The van der Waals surface area contributed by atoms with Crippen LogP contribution in [0.15, 0.2) is 12.3 Å². The molecule has 1 saturated heterocycles. The van der Waals surface area contributed by atoms with E-state index in [1.807, 2.05) is 0 Å². The minimum atomic E-state index is -0.144. The van der Waals surface area contributed by atoms with E-state index in [1.165, 1.54) is 0 Å². The highest BCUT2D eigenvalue weighted by Gasteiger charge is 2.26. The molecule has 2 rings (SSSR count). The van der Waals surface area contributed by atoms with Gasteiger partial charge in [-0.1, -0.05) is 13.8 Å². The summed E-state index contributed by atoms with van der Waals surface area (Å²) < 4.78 is 1.81. The van der Waals surface area contributed by atoms with E-state index in [1.54, 1.807) is 21.8 Å². The van der Waals surface area contributed by atoms with Gasteiger partial charge in [0.25, 0.3) is 0 Å². The second kappa shape index (κ2) is 6.74. The van der Waals surface area contributed by atoms with Crippen molar-refractivity contribution in [2.45, 2.75) is 45.7 Å². The van der Waals surface area contributed by atoms with Gasteiger partial charge in [-0.2, -0.15) is 5.10 Å². The van der Waals surface area contributed by atoms with E-state index in [-0.39, 0.29) is 18.7 Å². The van der Waals surface area contributed by atoms with E-state index in [0.717, 1.165) is 25.8 Å². The van der Waals surface area contributed by atoms with E-state index in [9.17, 15) is 9.90 Å². The van der Waals surface area contributed by atoms with Crippen LogP contribution < -0.4 is 5.32 Å². The second-order valence-corrected chi connectivity index (χ2v) is 5.75. The summed E-state index contributed by atoms with van der Waals surface area (Å²) in [6.07, 6.45) is 4.63. The first kappa shape index (κ1) is 14.8. The number of urea groups is 1. The molecule has 112 valence electrons. The largest absolute Gasteiger partial charge is 0.394 e. The van der Waals surface area contributed by atoms with Crippen LogP contribution in [0.25, 0.3) is 0 Å². The standard InChI is InChI=1S/C14H24N4O2/c1-11(2)9-18-13(6-7-15-18)16-14(20)17-8-4-3-5-12(17)10-19/h6-7,11-12,19H,3-5,8-10H2,1-2H3,(H,16,20). The fourth-order valence-corrected chi connectivity index (χ4v) is 2.57. The number of aromatic nitrogens is 2. The Morgan fingerprint density at radius 1 is 1.55 bits per heavy atom. The van der Waals surface area contributed by atoms with Gasteiger partial charge in [0, 0.05) is 19.2 Å². The third-order valence-corrected chi connectivity index (χ3v) is 3.59. The molecule has 1 atom stereocenters. The van der Waals surface area contributed by atoms with Crippen molar-refractivity contribution in [2.75, 3.05) is 18.5 Å². The second-order valence-electron chi connectivity index (χ2n) is 5.75. The number of anilines is 1. The van der Waals surface area contributed by atoms with E-state index in [4.69, 9.17) is 0 Å². The number of nitrogens with one attached hydrogen (secondary N) is 1. The molecule has 1 aromatic heterocycles. The first-order chi connectivity index (χ1) is 9.61. The van der Waals surface area contributed by atoms with Crippen LogP contribution in [0.2, 0.25) is 0 Å². The lowest BCUT2D eigenvalue weighted by atomic mass is 10.0. The SMILES string of the molecule is CC(C)Cn1nccc1NC(=O)N1CCCCC1CO. The summed E-state index contributed by atoms with van der Waals surface area (Å²) in [6.45, 7) is 5.72. The Morgan fingerprint density at radius 2 is 2.35 bits per heavy atom. The molecule has 2 amide bonds. The highest BCUT2D eigenvalue weighted by Crippen LogP contribution is 2.18. The molecule has 6 heteroatoms. The molecule has 1 aliphatic heterocycles. The molecule has 1 aromatic rings. The lowest BCUT2D eigenvalue weighted by molar-refractivity contribution is 0.115. The molecule has 0 spiro atoms. The number of aliphatic hydroxyl groups is 1. The molecule has 0 saturated carbocycles. The molecule has 0 radical (unpaired) electrons. The molecule has 2 N–H and O–H groups in total. The fourth-order valence-electron chi connectivity index (χ4n) is 2.57. The number of amides is 2. The monoisotopic (exact) mass is 280 g/mol. The van der Waals surface area contributed by atoms with Crippen molar-refractivity contribution in [3.63, 3.8) is 0 Å². The van der Waals surface area contributed by atoms with Crippen LogP contribution in [0.3, 0.4) is 0 Å². The smallest absolute Gasteiger partial charge is 0.323 e. The summed E-state index contributed by atoms with van der Waals surface area (Å²) in [7, 11) is 0. The molecule has 0 bridgehead atoms. The molecule has 6 nitrogen and oxygen atoms in total. The van der Waals surface area contributed by atoms with Gasteiger partial charge in [0.1, 0.15) is 5.82 Å². The zero-order chi connectivity index (χ0) is 14.5. The van der Waals surface area contributed by atoms with Gasteiger partial charge in [0.2, 0.25) is 0 Å². The van der Waals surface area contributed by atoms with Crippen molar-refractivity contribution in [3.05, 3.63) is 12.3 Å². The molecular formula is C14H24N4O2. The molecule has 2 heterocycles. The van der Waals surface area contributed by atoms with Crippen LogP contribution in [-0.2, 0) is 6.54 Å². The van der Waals surface area contributed by atoms with Crippen LogP contribution in [0, 0.1) is 5.92 Å². The van der Waals surface area contributed by atoms with Crippen LogP contribution in [-0.4, -0.2) is 45.0 Å². The predicted octanol–water partition coefficient (Wildman–Crippen LogP) is 1.92. The zero-order valence-corrected chi connectivity index (χ0v) is 12.2. The maximum Gasteiger partial charge on any atom is 0.323 e. The minimum Gasteiger partial charge on any atom is -0.394 e. The average Bonchev–Trinajstić information content (AvgIpc) is 2.85. The van der Waals surface area contributed by atoms with Gasteiger partial charge in [-0.25, -0.2) is 9.48 Å². The Balaban J connectivity index is 2.01. The van der Waals surface area contributed by atoms with Crippen LogP contribution >= 0.6 is 0 Å². The predicted molar refractivity (Wildman–Crippen MR) is 77.5 cm³/mol. The van der Waals surface area contributed by atoms with Gasteiger partial charge >= 0.3 is 6.03 Å². The molecule has 0 aliphatic carbocycles. The Hall–Kier alpha value is -1.56.